The summed E-state index contributed by atoms with van der Waals surface area (Å²) in [7, 11) is 0. The lowest BCUT2D eigenvalue weighted by atomic mass is 10.00. The minimum absolute atomic E-state index is 0.388. The Hall–Kier alpha value is -0.570. The van der Waals surface area contributed by atoms with Crippen molar-refractivity contribution < 1.29 is 15.0 Å². The summed E-state index contributed by atoms with van der Waals surface area (Å²) in [4.78, 5) is 10.3. The molecule has 0 rings (SSSR count). The Morgan fingerprint density at radius 3 is 2.13 bits per heavy atom. The Bertz CT molecular complexity index is 168. The van der Waals surface area contributed by atoms with Crippen molar-refractivity contribution in [2.45, 2.75) is 64.9 Å². The molecule has 0 aliphatic carbocycles. The summed E-state index contributed by atoms with van der Waals surface area (Å²) in [6, 6.07) is 0. The van der Waals surface area contributed by atoms with Gasteiger partial charge in [-0.1, -0.05) is 52.4 Å². The van der Waals surface area contributed by atoms with Crippen molar-refractivity contribution in [1.29, 1.82) is 0 Å². The molecule has 0 heterocycles. The third-order valence-electron chi connectivity index (χ3n) is 2.91. The maximum Gasteiger partial charge on any atom is 0.332 e. The minimum Gasteiger partial charge on any atom is -0.479 e. The molecule has 0 bridgehead atoms. The summed E-state index contributed by atoms with van der Waals surface area (Å²) in [6.07, 6.45) is 5.93. The lowest BCUT2D eigenvalue weighted by Gasteiger charge is -2.08. The van der Waals surface area contributed by atoms with Gasteiger partial charge < -0.3 is 10.2 Å². The summed E-state index contributed by atoms with van der Waals surface area (Å²) < 4.78 is 0. The first-order valence-electron chi connectivity index (χ1n) is 5.98. The van der Waals surface area contributed by atoms with Gasteiger partial charge in [-0.05, 0) is 12.3 Å². The second-order valence-electron chi connectivity index (χ2n) is 4.36. The quantitative estimate of drug-likeness (QED) is 0.583. The predicted octanol–water partition coefficient (Wildman–Crippen LogP) is 2.82. The van der Waals surface area contributed by atoms with Gasteiger partial charge in [0, 0.05) is 0 Å². The number of carbonyl (C=O) groups is 1. The van der Waals surface area contributed by atoms with Crippen LogP contribution >= 0.6 is 0 Å². The summed E-state index contributed by atoms with van der Waals surface area (Å²) >= 11 is 0. The van der Waals surface area contributed by atoms with Gasteiger partial charge in [-0.2, -0.15) is 0 Å². The maximum atomic E-state index is 10.3. The van der Waals surface area contributed by atoms with Crippen molar-refractivity contribution in [2.75, 3.05) is 0 Å². The third-order valence-corrected chi connectivity index (χ3v) is 2.91. The molecule has 2 N–H and O–H groups in total. The van der Waals surface area contributed by atoms with Crippen LogP contribution < -0.4 is 0 Å². The highest BCUT2D eigenvalue weighted by molar-refractivity contribution is 5.71. The molecule has 0 aliphatic rings. The van der Waals surface area contributed by atoms with Crippen LogP contribution in [0.25, 0.3) is 0 Å². The lowest BCUT2D eigenvalue weighted by molar-refractivity contribution is -0.146. The fourth-order valence-electron chi connectivity index (χ4n) is 1.51. The van der Waals surface area contributed by atoms with Crippen LogP contribution in [0.1, 0.15) is 58.8 Å². The fourth-order valence-corrected chi connectivity index (χ4v) is 1.51. The molecular weight excluding hydrogens is 192 g/mol. The number of hydrogen-bond donors (Lipinski definition) is 2. The summed E-state index contributed by atoms with van der Waals surface area (Å²) in [5.41, 5.74) is 0. The Balaban J connectivity index is 3.21. The van der Waals surface area contributed by atoms with Crippen LogP contribution in [0.3, 0.4) is 0 Å². The Morgan fingerprint density at radius 2 is 1.67 bits per heavy atom. The molecule has 3 nitrogen and oxygen atoms in total. The van der Waals surface area contributed by atoms with Crippen LogP contribution in [0.15, 0.2) is 0 Å². The highest BCUT2D eigenvalue weighted by atomic mass is 16.4. The summed E-state index contributed by atoms with van der Waals surface area (Å²) in [5.74, 6) is -0.302. The van der Waals surface area contributed by atoms with Crippen molar-refractivity contribution in [1.82, 2.24) is 0 Å². The SMILES string of the molecule is CCC(C)CCCCCCC(O)C(=O)O. The largest absolute Gasteiger partial charge is 0.479 e. The van der Waals surface area contributed by atoms with Gasteiger partial charge in [-0.3, -0.25) is 0 Å². The van der Waals surface area contributed by atoms with Gasteiger partial charge in [0.05, 0.1) is 0 Å². The first-order valence-corrected chi connectivity index (χ1v) is 5.98. The van der Waals surface area contributed by atoms with Crippen LogP contribution in [0.2, 0.25) is 0 Å². The molecule has 0 saturated heterocycles. The number of carboxylic acids is 1. The molecule has 0 spiro atoms. The average Bonchev–Trinajstić information content (AvgIpc) is 2.22. The number of aliphatic carboxylic acids is 1. The molecule has 0 aromatic carbocycles. The molecule has 0 radical (unpaired) electrons. The first-order chi connectivity index (χ1) is 7.07. The molecule has 0 aliphatic heterocycles. The number of hydrogen-bond acceptors (Lipinski definition) is 2. The smallest absolute Gasteiger partial charge is 0.332 e. The van der Waals surface area contributed by atoms with E-state index in [-0.39, 0.29) is 0 Å². The molecule has 15 heavy (non-hydrogen) atoms. The molecule has 3 heteroatoms. The average molecular weight is 216 g/mol. The minimum atomic E-state index is -1.17. The van der Waals surface area contributed by atoms with Crippen molar-refractivity contribution in [3.63, 3.8) is 0 Å². The molecular formula is C12H24O3. The van der Waals surface area contributed by atoms with E-state index in [9.17, 15) is 4.79 Å². The maximum absolute atomic E-state index is 10.3. The Kier molecular flexibility index (Phi) is 8.38. The predicted molar refractivity (Wildman–Crippen MR) is 60.8 cm³/mol. The van der Waals surface area contributed by atoms with E-state index in [0.29, 0.717) is 6.42 Å². The van der Waals surface area contributed by atoms with E-state index >= 15 is 0 Å². The van der Waals surface area contributed by atoms with E-state index in [1.165, 1.54) is 19.3 Å². The first kappa shape index (κ1) is 14.4. The van der Waals surface area contributed by atoms with Crippen LogP contribution in [-0.4, -0.2) is 22.3 Å². The molecule has 0 aromatic heterocycles. The molecule has 0 fully saturated rings. The zero-order valence-corrected chi connectivity index (χ0v) is 9.91. The lowest BCUT2D eigenvalue weighted by Crippen LogP contribution is -2.18. The van der Waals surface area contributed by atoms with Gasteiger partial charge in [0.1, 0.15) is 0 Å². The van der Waals surface area contributed by atoms with Gasteiger partial charge in [0.15, 0.2) is 6.10 Å². The van der Waals surface area contributed by atoms with Crippen molar-refractivity contribution in [3.05, 3.63) is 0 Å². The van der Waals surface area contributed by atoms with Gasteiger partial charge in [0.2, 0.25) is 0 Å². The van der Waals surface area contributed by atoms with Gasteiger partial charge in [0.25, 0.3) is 0 Å². The monoisotopic (exact) mass is 216 g/mol. The van der Waals surface area contributed by atoms with Crippen LogP contribution in [-0.2, 0) is 4.79 Å². The fraction of sp³-hybridized carbons (Fsp3) is 0.917. The topological polar surface area (TPSA) is 57.5 Å². The Labute approximate surface area is 92.5 Å². The summed E-state index contributed by atoms with van der Waals surface area (Å²) in [5, 5.41) is 17.4. The van der Waals surface area contributed by atoms with E-state index in [0.717, 1.165) is 25.2 Å². The van der Waals surface area contributed by atoms with Crippen LogP contribution in [0, 0.1) is 5.92 Å². The number of carboxylic acid groups (broad SMARTS) is 1. The van der Waals surface area contributed by atoms with Crippen molar-refractivity contribution in [2.24, 2.45) is 5.92 Å². The van der Waals surface area contributed by atoms with Gasteiger partial charge in [-0.25, -0.2) is 4.79 Å². The Morgan fingerprint density at radius 1 is 1.13 bits per heavy atom. The molecule has 2 unspecified atom stereocenters. The number of unbranched alkanes of at least 4 members (excludes halogenated alkanes) is 3. The van der Waals surface area contributed by atoms with E-state index < -0.39 is 12.1 Å². The van der Waals surface area contributed by atoms with E-state index in [4.69, 9.17) is 10.2 Å². The zero-order valence-electron chi connectivity index (χ0n) is 9.91. The van der Waals surface area contributed by atoms with E-state index in [2.05, 4.69) is 13.8 Å². The number of aliphatic hydroxyl groups is 1. The molecule has 0 aromatic rings. The number of aliphatic hydroxyl groups excluding tert-OH is 1. The molecule has 90 valence electrons. The van der Waals surface area contributed by atoms with E-state index in [1.807, 2.05) is 0 Å². The summed E-state index contributed by atoms with van der Waals surface area (Å²) in [6.45, 7) is 4.46. The zero-order chi connectivity index (χ0) is 11.7. The third kappa shape index (κ3) is 8.43. The second kappa shape index (κ2) is 8.72. The molecule has 2 atom stereocenters. The van der Waals surface area contributed by atoms with Crippen LogP contribution in [0.5, 0.6) is 0 Å². The highest BCUT2D eigenvalue weighted by Gasteiger charge is 2.11. The second-order valence-corrected chi connectivity index (χ2v) is 4.36. The molecule has 0 saturated carbocycles. The van der Waals surface area contributed by atoms with Crippen LogP contribution in [0.4, 0.5) is 0 Å². The van der Waals surface area contributed by atoms with E-state index in [1.54, 1.807) is 0 Å². The normalized spacial score (nSPS) is 14.9. The number of rotatable bonds is 9. The highest BCUT2D eigenvalue weighted by Crippen LogP contribution is 2.14. The van der Waals surface area contributed by atoms with Crippen molar-refractivity contribution in [3.8, 4) is 0 Å². The standard InChI is InChI=1S/C12H24O3/c1-3-10(2)8-6-4-5-7-9-11(13)12(14)15/h10-11,13H,3-9H2,1-2H3,(H,14,15). The molecule has 0 amide bonds. The van der Waals surface area contributed by atoms with Gasteiger partial charge >= 0.3 is 5.97 Å². The van der Waals surface area contributed by atoms with Crippen molar-refractivity contribution >= 4 is 5.97 Å². The van der Waals surface area contributed by atoms with Gasteiger partial charge in [-0.15, -0.1) is 0 Å².